The Morgan fingerprint density at radius 1 is 1.15 bits per heavy atom. The van der Waals surface area contributed by atoms with Crippen LogP contribution in [-0.4, -0.2) is 44.4 Å². The van der Waals surface area contributed by atoms with Crippen molar-refractivity contribution in [1.29, 1.82) is 0 Å². The van der Waals surface area contributed by atoms with E-state index in [4.69, 9.17) is 4.74 Å². The SMILES string of the molecule is CN1c2ccccc2S(=O)(=O)c2ccc(C(CC3CCOC3)C(=O)Nc3ccn(C)n3)cc21. The number of aromatic nitrogens is 2. The Hall–Kier alpha value is -3.17. The number of nitrogens with zero attached hydrogens (tertiary/aromatic N) is 3. The fraction of sp³-hybridized carbons (Fsp3) is 0.333. The average Bonchev–Trinajstić information content (AvgIpc) is 3.47. The highest BCUT2D eigenvalue weighted by atomic mass is 32.2. The van der Waals surface area contributed by atoms with Gasteiger partial charge in [0.05, 0.1) is 27.1 Å². The van der Waals surface area contributed by atoms with Crippen molar-refractivity contribution in [2.45, 2.75) is 28.6 Å². The number of hydrogen-bond donors (Lipinski definition) is 1. The van der Waals surface area contributed by atoms with Gasteiger partial charge in [-0.2, -0.15) is 5.10 Å². The lowest BCUT2D eigenvalue weighted by Gasteiger charge is -2.31. The smallest absolute Gasteiger partial charge is 0.233 e. The zero-order valence-corrected chi connectivity index (χ0v) is 19.4. The number of carbonyl (C=O) groups is 1. The summed E-state index contributed by atoms with van der Waals surface area (Å²) < 4.78 is 33.7. The normalized spacial score (nSPS) is 19.6. The number of benzene rings is 2. The number of nitrogens with one attached hydrogen (secondary N) is 1. The number of aryl methyl sites for hydroxylation is 1. The molecule has 3 aromatic rings. The molecule has 1 fully saturated rings. The van der Waals surface area contributed by atoms with Crippen LogP contribution in [0.15, 0.2) is 64.5 Å². The van der Waals surface area contributed by atoms with E-state index < -0.39 is 15.8 Å². The van der Waals surface area contributed by atoms with E-state index in [1.54, 1.807) is 54.3 Å². The number of sulfone groups is 1. The number of anilines is 3. The molecule has 1 aromatic heterocycles. The summed E-state index contributed by atoms with van der Waals surface area (Å²) in [6, 6.07) is 13.9. The van der Waals surface area contributed by atoms with Gasteiger partial charge in [0, 0.05) is 39.6 Å². The first-order valence-corrected chi connectivity index (χ1v) is 12.4. The lowest BCUT2D eigenvalue weighted by Crippen LogP contribution is -2.26. The second kappa shape index (κ2) is 8.31. The molecule has 1 saturated heterocycles. The van der Waals surface area contributed by atoms with Crippen molar-refractivity contribution in [2.24, 2.45) is 13.0 Å². The molecule has 5 rings (SSSR count). The van der Waals surface area contributed by atoms with Crippen LogP contribution >= 0.6 is 0 Å². The van der Waals surface area contributed by atoms with Crippen LogP contribution in [0.1, 0.15) is 24.3 Å². The molecule has 2 unspecified atom stereocenters. The zero-order chi connectivity index (χ0) is 23.2. The maximum absolute atomic E-state index is 13.4. The van der Waals surface area contributed by atoms with Crippen molar-refractivity contribution < 1.29 is 17.9 Å². The maximum Gasteiger partial charge on any atom is 0.233 e. The molecule has 0 bridgehead atoms. The Kier molecular flexibility index (Phi) is 5.46. The average molecular weight is 467 g/mol. The largest absolute Gasteiger partial charge is 0.381 e. The lowest BCUT2D eigenvalue weighted by molar-refractivity contribution is -0.118. The van der Waals surface area contributed by atoms with Gasteiger partial charge < -0.3 is 15.0 Å². The number of amides is 1. The number of rotatable bonds is 5. The molecule has 172 valence electrons. The standard InChI is InChI=1S/C24H26N4O4S/c1-27-11-9-23(26-27)25-24(29)18(13-16-10-12-32-15-16)17-7-8-22-20(14-17)28(2)19-5-3-4-6-21(19)33(22,30)31/h3-9,11,14,16,18H,10,12-13,15H2,1-2H3,(H,25,26,29). The van der Waals surface area contributed by atoms with Crippen LogP contribution in [0.5, 0.6) is 0 Å². The molecule has 1 N–H and O–H groups in total. The first-order valence-electron chi connectivity index (χ1n) is 10.9. The molecule has 0 spiro atoms. The van der Waals surface area contributed by atoms with Gasteiger partial charge in [-0.25, -0.2) is 8.42 Å². The summed E-state index contributed by atoms with van der Waals surface area (Å²) in [6.45, 7) is 1.32. The van der Waals surface area contributed by atoms with Crippen molar-refractivity contribution in [3.05, 3.63) is 60.3 Å². The highest BCUT2D eigenvalue weighted by Crippen LogP contribution is 2.44. The number of ether oxygens (including phenoxy) is 1. The van der Waals surface area contributed by atoms with E-state index in [0.29, 0.717) is 41.7 Å². The molecule has 2 atom stereocenters. The van der Waals surface area contributed by atoms with E-state index >= 15 is 0 Å². The number of fused-ring (bicyclic) bond motifs is 2. The van der Waals surface area contributed by atoms with Crippen LogP contribution in [0.3, 0.4) is 0 Å². The van der Waals surface area contributed by atoms with Gasteiger partial charge in [0.1, 0.15) is 0 Å². The van der Waals surface area contributed by atoms with Gasteiger partial charge in [-0.3, -0.25) is 9.48 Å². The molecule has 2 aromatic carbocycles. The molecule has 0 radical (unpaired) electrons. The van der Waals surface area contributed by atoms with Gasteiger partial charge in [-0.15, -0.1) is 0 Å². The number of hydrogen-bond acceptors (Lipinski definition) is 6. The van der Waals surface area contributed by atoms with E-state index in [1.807, 2.05) is 24.1 Å². The minimum atomic E-state index is -3.64. The molecule has 1 amide bonds. The van der Waals surface area contributed by atoms with E-state index in [0.717, 1.165) is 12.0 Å². The third kappa shape index (κ3) is 3.91. The van der Waals surface area contributed by atoms with Crippen molar-refractivity contribution in [2.75, 3.05) is 30.5 Å². The minimum Gasteiger partial charge on any atom is -0.381 e. The van der Waals surface area contributed by atoms with Crippen LogP contribution in [0, 0.1) is 5.92 Å². The van der Waals surface area contributed by atoms with Gasteiger partial charge in [-0.05, 0) is 48.6 Å². The second-order valence-electron chi connectivity index (χ2n) is 8.64. The van der Waals surface area contributed by atoms with Crippen molar-refractivity contribution >= 4 is 32.9 Å². The van der Waals surface area contributed by atoms with Crippen molar-refractivity contribution in [3.63, 3.8) is 0 Å². The summed E-state index contributed by atoms with van der Waals surface area (Å²) in [5.74, 6) is 0.129. The Morgan fingerprint density at radius 2 is 1.94 bits per heavy atom. The molecular formula is C24H26N4O4S. The van der Waals surface area contributed by atoms with Crippen LogP contribution in [0.25, 0.3) is 0 Å². The van der Waals surface area contributed by atoms with Crippen LogP contribution in [0.4, 0.5) is 17.2 Å². The first-order chi connectivity index (χ1) is 15.8. The summed E-state index contributed by atoms with van der Waals surface area (Å²) in [6.07, 6.45) is 3.29. The topological polar surface area (TPSA) is 93.5 Å². The molecule has 0 aliphatic carbocycles. The van der Waals surface area contributed by atoms with Gasteiger partial charge in [0.2, 0.25) is 15.7 Å². The van der Waals surface area contributed by atoms with Crippen molar-refractivity contribution in [1.82, 2.24) is 9.78 Å². The predicted molar refractivity (Wildman–Crippen MR) is 125 cm³/mol. The third-order valence-electron chi connectivity index (χ3n) is 6.43. The molecule has 3 heterocycles. The minimum absolute atomic E-state index is 0.165. The summed E-state index contributed by atoms with van der Waals surface area (Å²) in [5, 5.41) is 7.17. The number of carbonyl (C=O) groups excluding carboxylic acids is 1. The Morgan fingerprint density at radius 3 is 2.67 bits per heavy atom. The fourth-order valence-corrected chi connectivity index (χ4v) is 6.34. The highest BCUT2D eigenvalue weighted by Gasteiger charge is 2.34. The molecule has 8 nitrogen and oxygen atoms in total. The molecule has 33 heavy (non-hydrogen) atoms. The summed E-state index contributed by atoms with van der Waals surface area (Å²) >= 11 is 0. The van der Waals surface area contributed by atoms with Gasteiger partial charge >= 0.3 is 0 Å². The highest BCUT2D eigenvalue weighted by molar-refractivity contribution is 7.92. The monoisotopic (exact) mass is 466 g/mol. The van der Waals surface area contributed by atoms with E-state index in [2.05, 4.69) is 10.4 Å². The molecule has 2 aliphatic heterocycles. The van der Waals surface area contributed by atoms with Gasteiger partial charge in [-0.1, -0.05) is 18.2 Å². The van der Waals surface area contributed by atoms with Crippen LogP contribution < -0.4 is 10.2 Å². The van der Waals surface area contributed by atoms with Crippen molar-refractivity contribution in [3.8, 4) is 0 Å². The lowest BCUT2D eigenvalue weighted by atomic mass is 9.87. The second-order valence-corrected chi connectivity index (χ2v) is 10.5. The summed E-state index contributed by atoms with van der Waals surface area (Å²) in [5.41, 5.74) is 1.97. The third-order valence-corrected chi connectivity index (χ3v) is 8.28. The Bertz CT molecular complexity index is 1310. The molecular weight excluding hydrogens is 440 g/mol. The maximum atomic E-state index is 13.4. The van der Waals surface area contributed by atoms with Crippen LogP contribution in [-0.2, 0) is 26.4 Å². The predicted octanol–water partition coefficient (Wildman–Crippen LogP) is 3.48. The quantitative estimate of drug-likeness (QED) is 0.619. The van der Waals surface area contributed by atoms with E-state index in [1.165, 1.54) is 0 Å². The Labute approximate surface area is 193 Å². The first kappa shape index (κ1) is 21.7. The summed E-state index contributed by atoms with van der Waals surface area (Å²) in [7, 11) is 0.00323. The molecule has 0 saturated carbocycles. The van der Waals surface area contributed by atoms with Gasteiger partial charge in [0.15, 0.2) is 5.82 Å². The van der Waals surface area contributed by atoms with Gasteiger partial charge in [0.25, 0.3) is 0 Å². The summed E-state index contributed by atoms with van der Waals surface area (Å²) in [4.78, 5) is 15.8. The molecule has 9 heteroatoms. The zero-order valence-electron chi connectivity index (χ0n) is 18.6. The van der Waals surface area contributed by atoms with E-state index in [-0.39, 0.29) is 16.7 Å². The fourth-order valence-electron chi connectivity index (χ4n) is 4.64. The van der Waals surface area contributed by atoms with E-state index in [9.17, 15) is 13.2 Å². The Balaban J connectivity index is 1.53. The molecule has 2 aliphatic rings. The number of para-hydroxylation sites is 1. The van der Waals surface area contributed by atoms with Crippen LogP contribution in [0.2, 0.25) is 0 Å².